The highest BCUT2D eigenvalue weighted by Crippen LogP contribution is 1.67. The van der Waals surface area contributed by atoms with Crippen molar-refractivity contribution in [2.75, 3.05) is 19.1 Å². The van der Waals surface area contributed by atoms with Crippen LogP contribution in [0.15, 0.2) is 0 Å². The van der Waals surface area contributed by atoms with Gasteiger partial charge in [0.05, 0.1) is 13.2 Å². The number of aliphatic carboxylic acids is 1. The van der Waals surface area contributed by atoms with Crippen molar-refractivity contribution in [2.24, 2.45) is 0 Å². The van der Waals surface area contributed by atoms with E-state index in [0.29, 0.717) is 0 Å². The lowest BCUT2D eigenvalue weighted by Gasteiger charge is -1.70. The maximum Gasteiger partial charge on any atom is 0.318 e. The second-order valence-corrected chi connectivity index (χ2v) is 1.24. The molecule has 56 valence electrons. The summed E-state index contributed by atoms with van der Waals surface area (Å²) in [5, 5.41) is 22.8. The third kappa shape index (κ3) is 34.5. The van der Waals surface area contributed by atoms with Crippen LogP contribution < -0.4 is 0 Å². The number of halogens is 1. The highest BCUT2D eigenvalue weighted by atomic mass is 35.5. The Morgan fingerprint density at radius 2 is 1.56 bits per heavy atom. The molecule has 0 saturated heterocycles. The van der Waals surface area contributed by atoms with Gasteiger partial charge in [0.2, 0.25) is 0 Å². The smallest absolute Gasteiger partial charge is 0.318 e. The number of aliphatic hydroxyl groups is 2. The minimum absolute atomic E-state index is 0.125. The zero-order chi connectivity index (χ0) is 7.70. The maximum absolute atomic E-state index is 9.24. The van der Waals surface area contributed by atoms with E-state index < -0.39 is 5.97 Å². The fourth-order valence-electron chi connectivity index (χ4n) is 0. The first kappa shape index (κ1) is 11.5. The summed E-state index contributed by atoms with van der Waals surface area (Å²) in [6.07, 6.45) is 0. The molecule has 5 heteroatoms. The molecule has 0 amide bonds. The fraction of sp³-hybridized carbons (Fsp3) is 0.750. The number of carboxylic acids is 1. The lowest BCUT2D eigenvalue weighted by atomic mass is 10.8. The average Bonchev–Trinajstić information content (AvgIpc) is 1.89. The fourth-order valence-corrected chi connectivity index (χ4v) is 0. The van der Waals surface area contributed by atoms with Gasteiger partial charge < -0.3 is 15.3 Å². The Bertz CT molecular complexity index is 63.6. The predicted octanol–water partition coefficient (Wildman–Crippen LogP) is -0.719. The van der Waals surface area contributed by atoms with Crippen LogP contribution in [0, 0.1) is 0 Å². The van der Waals surface area contributed by atoms with E-state index in [1.807, 2.05) is 0 Å². The Labute approximate surface area is 57.7 Å². The lowest BCUT2D eigenvalue weighted by molar-refractivity contribution is -0.134. The number of carbonyl (C=O) groups is 1. The van der Waals surface area contributed by atoms with Gasteiger partial charge in [-0.05, 0) is 0 Å². The van der Waals surface area contributed by atoms with E-state index in [2.05, 4.69) is 0 Å². The second kappa shape index (κ2) is 10.6. The van der Waals surface area contributed by atoms with Gasteiger partial charge in [-0.15, -0.1) is 11.6 Å². The summed E-state index contributed by atoms with van der Waals surface area (Å²) in [6, 6.07) is 0. The van der Waals surface area contributed by atoms with Crippen LogP contribution >= 0.6 is 11.6 Å². The molecular formula is C4H9ClO4. The number of rotatable bonds is 2. The van der Waals surface area contributed by atoms with Gasteiger partial charge in [0.1, 0.15) is 5.88 Å². The number of alkyl halides is 1. The molecule has 0 bridgehead atoms. The first-order chi connectivity index (χ1) is 4.18. The molecule has 9 heavy (non-hydrogen) atoms. The summed E-state index contributed by atoms with van der Waals surface area (Å²) in [5.41, 5.74) is 0. The van der Waals surface area contributed by atoms with Crippen molar-refractivity contribution < 1.29 is 20.1 Å². The standard InChI is InChI=1S/C2H3ClO2.C2H6O2/c3-1-2(4)5;3-1-2-4/h1H2,(H,4,5);3-4H,1-2H2. The number of hydrogen-bond donors (Lipinski definition) is 3. The molecule has 0 saturated carbocycles. The van der Waals surface area contributed by atoms with Crippen molar-refractivity contribution >= 4 is 17.6 Å². The molecule has 0 fully saturated rings. The molecule has 0 aliphatic heterocycles. The molecule has 0 atom stereocenters. The number of aliphatic hydroxyl groups excluding tert-OH is 2. The summed E-state index contributed by atoms with van der Waals surface area (Å²) >= 11 is 4.74. The Balaban J connectivity index is 0. The molecule has 3 N–H and O–H groups in total. The lowest BCUT2D eigenvalue weighted by Crippen LogP contribution is -1.92. The van der Waals surface area contributed by atoms with E-state index in [-0.39, 0.29) is 19.1 Å². The Hall–Kier alpha value is -0.320. The Morgan fingerprint density at radius 3 is 1.56 bits per heavy atom. The van der Waals surface area contributed by atoms with E-state index in [0.717, 1.165) is 0 Å². The molecule has 0 aromatic rings. The maximum atomic E-state index is 9.24. The van der Waals surface area contributed by atoms with Crippen LogP contribution in [-0.2, 0) is 4.79 Å². The van der Waals surface area contributed by atoms with Crippen molar-refractivity contribution in [3.05, 3.63) is 0 Å². The van der Waals surface area contributed by atoms with Crippen molar-refractivity contribution in [1.29, 1.82) is 0 Å². The van der Waals surface area contributed by atoms with E-state index in [9.17, 15) is 4.79 Å². The Kier molecular flexibility index (Phi) is 13.5. The highest BCUT2D eigenvalue weighted by molar-refractivity contribution is 6.26. The molecule has 0 aliphatic rings. The summed E-state index contributed by atoms with van der Waals surface area (Å²) in [6.45, 7) is -0.250. The van der Waals surface area contributed by atoms with Gasteiger partial charge >= 0.3 is 5.97 Å². The van der Waals surface area contributed by atoms with Crippen LogP contribution in [0.2, 0.25) is 0 Å². The zero-order valence-corrected chi connectivity index (χ0v) is 5.51. The van der Waals surface area contributed by atoms with E-state index in [1.165, 1.54) is 0 Å². The van der Waals surface area contributed by atoms with Crippen molar-refractivity contribution in [1.82, 2.24) is 0 Å². The van der Waals surface area contributed by atoms with Gasteiger partial charge in [-0.2, -0.15) is 0 Å². The number of hydrogen-bond acceptors (Lipinski definition) is 3. The number of carboxylic acid groups (broad SMARTS) is 1. The molecule has 0 heterocycles. The topological polar surface area (TPSA) is 77.8 Å². The third-order valence-electron chi connectivity index (χ3n) is 0.214. The van der Waals surface area contributed by atoms with Crippen LogP contribution in [0.3, 0.4) is 0 Å². The summed E-state index contributed by atoms with van der Waals surface area (Å²) in [5.74, 6) is -1.29. The highest BCUT2D eigenvalue weighted by Gasteiger charge is 1.83. The second-order valence-electron chi connectivity index (χ2n) is 0.975. The van der Waals surface area contributed by atoms with Gasteiger partial charge in [-0.1, -0.05) is 0 Å². The van der Waals surface area contributed by atoms with Crippen LogP contribution in [0.1, 0.15) is 0 Å². The van der Waals surface area contributed by atoms with Gasteiger partial charge in [-0.25, -0.2) is 0 Å². The monoisotopic (exact) mass is 156 g/mol. The predicted molar refractivity (Wildman–Crippen MR) is 32.5 cm³/mol. The molecule has 0 aliphatic carbocycles. The Morgan fingerprint density at radius 1 is 1.33 bits per heavy atom. The summed E-state index contributed by atoms with van der Waals surface area (Å²) < 4.78 is 0. The van der Waals surface area contributed by atoms with Crippen LogP contribution in [-0.4, -0.2) is 40.4 Å². The SMILES string of the molecule is O=C(O)CCl.OCCO. The molecule has 0 aromatic heterocycles. The molecular weight excluding hydrogens is 147 g/mol. The minimum atomic E-state index is -0.980. The minimum Gasteiger partial charge on any atom is -0.480 e. The van der Waals surface area contributed by atoms with E-state index in [4.69, 9.17) is 26.9 Å². The molecule has 0 radical (unpaired) electrons. The molecule has 0 rings (SSSR count). The summed E-state index contributed by atoms with van der Waals surface area (Å²) in [4.78, 5) is 9.24. The van der Waals surface area contributed by atoms with Gasteiger partial charge in [0.15, 0.2) is 0 Å². The molecule has 4 nitrogen and oxygen atoms in total. The van der Waals surface area contributed by atoms with Crippen LogP contribution in [0.4, 0.5) is 0 Å². The van der Waals surface area contributed by atoms with Gasteiger partial charge in [-0.3, -0.25) is 4.79 Å². The first-order valence-corrected chi connectivity index (χ1v) is 2.72. The van der Waals surface area contributed by atoms with Crippen molar-refractivity contribution in [3.63, 3.8) is 0 Å². The van der Waals surface area contributed by atoms with E-state index >= 15 is 0 Å². The van der Waals surface area contributed by atoms with Crippen LogP contribution in [0.25, 0.3) is 0 Å². The largest absolute Gasteiger partial charge is 0.480 e. The third-order valence-corrected chi connectivity index (χ3v) is 0.443. The molecule has 0 aromatic carbocycles. The van der Waals surface area contributed by atoms with Gasteiger partial charge in [0.25, 0.3) is 0 Å². The first-order valence-electron chi connectivity index (χ1n) is 2.18. The zero-order valence-electron chi connectivity index (χ0n) is 4.75. The van der Waals surface area contributed by atoms with Crippen molar-refractivity contribution in [2.45, 2.75) is 0 Å². The van der Waals surface area contributed by atoms with Crippen molar-refractivity contribution in [3.8, 4) is 0 Å². The average molecular weight is 157 g/mol. The summed E-state index contributed by atoms with van der Waals surface area (Å²) in [7, 11) is 0. The molecule has 0 spiro atoms. The normalized spacial score (nSPS) is 7.44. The quantitative estimate of drug-likeness (QED) is 0.461. The van der Waals surface area contributed by atoms with Crippen LogP contribution in [0.5, 0.6) is 0 Å². The van der Waals surface area contributed by atoms with E-state index in [1.54, 1.807) is 0 Å². The van der Waals surface area contributed by atoms with Gasteiger partial charge in [0, 0.05) is 0 Å². The molecule has 0 unspecified atom stereocenters.